The van der Waals surface area contributed by atoms with E-state index >= 15 is 0 Å². The first-order chi connectivity index (χ1) is 14.4. The van der Waals surface area contributed by atoms with Gasteiger partial charge in [-0.05, 0) is 48.5 Å². The van der Waals surface area contributed by atoms with Crippen LogP contribution in [-0.2, 0) is 0 Å². The van der Waals surface area contributed by atoms with Gasteiger partial charge in [0.2, 0.25) is 0 Å². The van der Waals surface area contributed by atoms with E-state index in [0.717, 1.165) is 0 Å². The maximum Gasteiger partial charge on any atom is 0.271 e. The van der Waals surface area contributed by atoms with Crippen LogP contribution in [0.1, 0.15) is 21.5 Å². The molecule has 0 aromatic heterocycles. The van der Waals surface area contributed by atoms with Crippen LogP contribution >= 0.6 is 0 Å². The molecule has 30 heavy (non-hydrogen) atoms. The number of phenols is 4. The Morgan fingerprint density at radius 2 is 1.27 bits per heavy atom. The second kappa shape index (κ2) is 9.11. The summed E-state index contributed by atoms with van der Waals surface area (Å²) >= 11 is 0. The minimum atomic E-state index is -0.450. The number of nitrogens with zero attached hydrogens (tertiary/aromatic N) is 2. The van der Waals surface area contributed by atoms with Gasteiger partial charge >= 0.3 is 0 Å². The third-order valence-corrected chi connectivity index (χ3v) is 3.94. The first-order valence-corrected chi connectivity index (χ1v) is 8.69. The molecule has 3 aromatic carbocycles. The Balaban J connectivity index is 1.56. The molecule has 9 heteroatoms. The SMILES string of the molecule is O=C(N/N=C/c1ccc(O)cc1O)c1ccc(N/N=C/c2ccc(O)cc2O)cc1. The highest BCUT2D eigenvalue weighted by Crippen LogP contribution is 2.21. The van der Waals surface area contributed by atoms with Crippen LogP contribution in [0.4, 0.5) is 5.69 Å². The van der Waals surface area contributed by atoms with Crippen molar-refractivity contribution in [3.63, 3.8) is 0 Å². The molecule has 6 N–H and O–H groups in total. The maximum atomic E-state index is 12.1. The third-order valence-electron chi connectivity index (χ3n) is 3.94. The number of hydrazone groups is 2. The Bertz CT molecular complexity index is 1110. The van der Waals surface area contributed by atoms with Crippen LogP contribution in [0.5, 0.6) is 23.0 Å². The second-order valence-corrected chi connectivity index (χ2v) is 6.13. The van der Waals surface area contributed by atoms with Crippen molar-refractivity contribution in [2.45, 2.75) is 0 Å². The van der Waals surface area contributed by atoms with Gasteiger partial charge in [0, 0.05) is 28.8 Å². The van der Waals surface area contributed by atoms with E-state index in [1.807, 2.05) is 0 Å². The van der Waals surface area contributed by atoms with Gasteiger partial charge in [-0.1, -0.05) is 0 Å². The normalized spacial score (nSPS) is 11.1. The number of hydrogen-bond acceptors (Lipinski definition) is 8. The van der Waals surface area contributed by atoms with Crippen molar-refractivity contribution < 1.29 is 25.2 Å². The summed E-state index contributed by atoms with van der Waals surface area (Å²) < 4.78 is 0. The minimum Gasteiger partial charge on any atom is -0.508 e. The van der Waals surface area contributed by atoms with E-state index < -0.39 is 5.91 Å². The lowest BCUT2D eigenvalue weighted by Gasteiger charge is -2.04. The van der Waals surface area contributed by atoms with Crippen molar-refractivity contribution in [3.8, 4) is 23.0 Å². The Kier molecular flexibility index (Phi) is 6.14. The predicted molar refractivity (Wildman–Crippen MR) is 112 cm³/mol. The third kappa shape index (κ3) is 5.26. The van der Waals surface area contributed by atoms with Crippen LogP contribution in [0, 0.1) is 0 Å². The number of anilines is 1. The van der Waals surface area contributed by atoms with Gasteiger partial charge in [-0.2, -0.15) is 10.2 Å². The summed E-state index contributed by atoms with van der Waals surface area (Å²) in [6, 6.07) is 14.6. The number of carbonyl (C=O) groups excluding carboxylic acids is 1. The van der Waals surface area contributed by atoms with E-state index in [9.17, 15) is 25.2 Å². The van der Waals surface area contributed by atoms with Crippen molar-refractivity contribution in [1.82, 2.24) is 5.43 Å². The molecule has 0 bridgehead atoms. The van der Waals surface area contributed by atoms with Gasteiger partial charge < -0.3 is 20.4 Å². The van der Waals surface area contributed by atoms with Gasteiger partial charge in [0.25, 0.3) is 5.91 Å². The fourth-order valence-electron chi connectivity index (χ4n) is 2.38. The van der Waals surface area contributed by atoms with Gasteiger partial charge in [-0.15, -0.1) is 0 Å². The molecule has 0 unspecified atom stereocenters. The molecule has 0 aliphatic heterocycles. The van der Waals surface area contributed by atoms with E-state index in [1.165, 1.54) is 48.8 Å². The number of rotatable bonds is 6. The first-order valence-electron chi connectivity index (χ1n) is 8.69. The lowest BCUT2D eigenvalue weighted by molar-refractivity contribution is 0.0955. The lowest BCUT2D eigenvalue weighted by atomic mass is 10.2. The molecule has 3 rings (SSSR count). The van der Waals surface area contributed by atoms with Crippen molar-refractivity contribution in [2.24, 2.45) is 10.2 Å². The molecule has 3 aromatic rings. The standard InChI is InChI=1S/C21H18N4O5/c26-17-7-3-14(19(28)9-17)11-22-24-16-5-1-13(2-6-16)21(30)25-23-12-15-4-8-18(27)10-20(15)29/h1-12,24,26-29H,(H,25,30)/b22-11+,23-12+. The summed E-state index contributed by atoms with van der Waals surface area (Å²) in [5.41, 5.74) is 6.83. The molecule has 0 aliphatic rings. The average Bonchev–Trinajstić information content (AvgIpc) is 2.71. The fraction of sp³-hybridized carbons (Fsp3) is 0. The van der Waals surface area contributed by atoms with Crippen LogP contribution in [0.25, 0.3) is 0 Å². The van der Waals surface area contributed by atoms with E-state index in [0.29, 0.717) is 22.4 Å². The lowest BCUT2D eigenvalue weighted by Crippen LogP contribution is -2.17. The largest absolute Gasteiger partial charge is 0.508 e. The number of aromatic hydroxyl groups is 4. The molecule has 0 spiro atoms. The number of hydrogen-bond donors (Lipinski definition) is 6. The Hall–Kier alpha value is -4.53. The van der Waals surface area contributed by atoms with Gasteiger partial charge in [0.05, 0.1) is 18.1 Å². The smallest absolute Gasteiger partial charge is 0.271 e. The maximum absolute atomic E-state index is 12.1. The van der Waals surface area contributed by atoms with Crippen molar-refractivity contribution >= 4 is 24.0 Å². The molecule has 0 fully saturated rings. The molecule has 0 atom stereocenters. The van der Waals surface area contributed by atoms with Crippen LogP contribution in [0.3, 0.4) is 0 Å². The number of phenolic OH excluding ortho intramolecular Hbond substituents is 4. The van der Waals surface area contributed by atoms with Crippen LogP contribution in [-0.4, -0.2) is 38.8 Å². The molecule has 9 nitrogen and oxygen atoms in total. The predicted octanol–water partition coefficient (Wildman–Crippen LogP) is 2.72. The fourth-order valence-corrected chi connectivity index (χ4v) is 2.38. The van der Waals surface area contributed by atoms with E-state index in [1.54, 1.807) is 24.3 Å². The topological polar surface area (TPSA) is 147 Å². The number of nitrogens with one attached hydrogen (secondary N) is 2. The minimum absolute atomic E-state index is 0.0457. The number of carbonyl (C=O) groups is 1. The molecule has 0 heterocycles. The molecule has 1 amide bonds. The highest BCUT2D eigenvalue weighted by molar-refractivity contribution is 5.95. The molecular formula is C21H18N4O5. The van der Waals surface area contributed by atoms with Crippen LogP contribution in [0.15, 0.2) is 70.9 Å². The Labute approximate surface area is 171 Å². The van der Waals surface area contributed by atoms with Crippen molar-refractivity contribution in [1.29, 1.82) is 0 Å². The Morgan fingerprint density at radius 1 is 0.733 bits per heavy atom. The van der Waals surface area contributed by atoms with Gasteiger partial charge in [0.1, 0.15) is 23.0 Å². The van der Waals surface area contributed by atoms with Crippen LogP contribution in [0.2, 0.25) is 0 Å². The zero-order valence-corrected chi connectivity index (χ0v) is 15.5. The summed E-state index contributed by atoms with van der Waals surface area (Å²) in [7, 11) is 0. The van der Waals surface area contributed by atoms with E-state index in [-0.39, 0.29) is 23.0 Å². The molecular weight excluding hydrogens is 388 g/mol. The Morgan fingerprint density at radius 3 is 1.80 bits per heavy atom. The zero-order chi connectivity index (χ0) is 21.5. The van der Waals surface area contributed by atoms with E-state index in [2.05, 4.69) is 21.1 Å². The molecule has 0 saturated carbocycles. The first kappa shape index (κ1) is 20.2. The summed E-state index contributed by atoms with van der Waals surface area (Å²) in [5, 5.41) is 45.7. The zero-order valence-electron chi connectivity index (χ0n) is 15.5. The highest BCUT2D eigenvalue weighted by Gasteiger charge is 2.05. The summed E-state index contributed by atoms with van der Waals surface area (Å²) in [6.07, 6.45) is 2.65. The summed E-state index contributed by atoms with van der Waals surface area (Å²) in [4.78, 5) is 12.1. The van der Waals surface area contributed by atoms with Gasteiger partial charge in [0.15, 0.2) is 0 Å². The second-order valence-electron chi connectivity index (χ2n) is 6.13. The molecule has 0 saturated heterocycles. The highest BCUT2D eigenvalue weighted by atomic mass is 16.3. The van der Waals surface area contributed by atoms with Gasteiger partial charge in [-0.3, -0.25) is 10.2 Å². The quantitative estimate of drug-likeness (QED) is 0.274. The number of amides is 1. The summed E-state index contributed by atoms with van der Waals surface area (Å²) in [5.74, 6) is -0.839. The molecule has 152 valence electrons. The van der Waals surface area contributed by atoms with Crippen LogP contribution < -0.4 is 10.9 Å². The van der Waals surface area contributed by atoms with Crippen molar-refractivity contribution in [3.05, 3.63) is 77.4 Å². The summed E-state index contributed by atoms with van der Waals surface area (Å²) in [6.45, 7) is 0. The average molecular weight is 406 g/mol. The van der Waals surface area contributed by atoms with Gasteiger partial charge in [-0.25, -0.2) is 5.43 Å². The van der Waals surface area contributed by atoms with E-state index in [4.69, 9.17) is 0 Å². The molecule has 0 radical (unpaired) electrons. The monoisotopic (exact) mass is 406 g/mol. The van der Waals surface area contributed by atoms with Crippen molar-refractivity contribution in [2.75, 3.05) is 5.43 Å². The molecule has 0 aliphatic carbocycles. The number of benzene rings is 3.